The second-order valence-corrected chi connectivity index (χ2v) is 8.57. The van der Waals surface area contributed by atoms with Gasteiger partial charge in [-0.05, 0) is 12.8 Å². The van der Waals surface area contributed by atoms with E-state index >= 15 is 0 Å². The van der Waals surface area contributed by atoms with Crippen molar-refractivity contribution in [2.45, 2.75) is 95.9 Å². The van der Waals surface area contributed by atoms with Crippen LogP contribution in [-0.4, -0.2) is 74.2 Å². The number of hydrogen-bond donors (Lipinski definition) is 2. The van der Waals surface area contributed by atoms with Crippen LogP contribution in [-0.2, 0) is 18.9 Å². The van der Waals surface area contributed by atoms with E-state index in [-0.39, 0.29) is 18.5 Å². The number of thioether (sulfide) groups is 1. The van der Waals surface area contributed by atoms with Crippen LogP contribution in [0.3, 0.4) is 0 Å². The fourth-order valence-corrected chi connectivity index (χ4v) is 4.21. The third kappa shape index (κ3) is 11.5. The Labute approximate surface area is 188 Å². The fourth-order valence-electron chi connectivity index (χ4n) is 3.36. The highest BCUT2D eigenvalue weighted by Gasteiger charge is 2.46. The van der Waals surface area contributed by atoms with E-state index < -0.39 is 24.6 Å². The Morgan fingerprint density at radius 2 is 1.52 bits per heavy atom. The number of nitrogens with two attached hydrogens (primary N) is 1. The minimum Gasteiger partial charge on any atom is -0.388 e. The lowest BCUT2D eigenvalue weighted by molar-refractivity contribution is -0.302. The summed E-state index contributed by atoms with van der Waals surface area (Å²) in [6, 6.07) is 0. The monoisotopic (exact) mass is 457 g/mol. The Kier molecular flexibility index (Phi) is 19.4. The molecule has 0 amide bonds. The molecule has 0 bridgehead atoms. The molecular weight excluding hydrogens is 414 g/mol. The topological polar surface area (TPSA) is 83.2 Å². The highest BCUT2D eigenvalue weighted by molar-refractivity contribution is 7.99. The van der Waals surface area contributed by atoms with E-state index in [1.165, 1.54) is 25.7 Å². The van der Waals surface area contributed by atoms with Crippen LogP contribution in [0.25, 0.3) is 0 Å². The number of aliphatic hydroxyl groups is 1. The Hall–Kier alpha value is 0.400. The minimum absolute atomic E-state index is 0. The summed E-state index contributed by atoms with van der Waals surface area (Å²) < 4.78 is 23.8. The van der Waals surface area contributed by atoms with Gasteiger partial charge in [0.15, 0.2) is 6.29 Å². The smallest absolute Gasteiger partial charge is 0.186 e. The maximum absolute atomic E-state index is 10.9. The molecule has 5 atom stereocenters. The van der Waals surface area contributed by atoms with Gasteiger partial charge in [0.25, 0.3) is 0 Å². The molecule has 1 aliphatic rings. The van der Waals surface area contributed by atoms with E-state index in [0.717, 1.165) is 31.4 Å². The molecule has 0 saturated carbocycles. The summed E-state index contributed by atoms with van der Waals surface area (Å²) in [5.41, 5.74) is 5.58. The lowest BCUT2D eigenvalue weighted by Gasteiger charge is -2.43. The zero-order valence-electron chi connectivity index (χ0n) is 18.6. The maximum atomic E-state index is 10.9. The average molecular weight is 458 g/mol. The number of halogens is 1. The number of aliphatic hydroxyl groups excluding tert-OH is 1. The van der Waals surface area contributed by atoms with E-state index in [0.29, 0.717) is 25.5 Å². The summed E-state index contributed by atoms with van der Waals surface area (Å²) >= 11 is 1.68. The first kappa shape index (κ1) is 29.4. The van der Waals surface area contributed by atoms with Crippen molar-refractivity contribution < 1.29 is 24.1 Å². The first-order chi connectivity index (χ1) is 13.7. The molecular formula is C21H44ClNO5S. The van der Waals surface area contributed by atoms with E-state index in [2.05, 4.69) is 13.8 Å². The highest BCUT2D eigenvalue weighted by atomic mass is 35.5. The van der Waals surface area contributed by atoms with Crippen LogP contribution >= 0.6 is 24.2 Å². The van der Waals surface area contributed by atoms with E-state index in [1.807, 2.05) is 0 Å². The molecule has 0 aromatic carbocycles. The first-order valence-electron chi connectivity index (χ1n) is 11.1. The summed E-state index contributed by atoms with van der Waals surface area (Å²) in [5.74, 6) is 1.50. The molecule has 0 aromatic rings. The molecule has 0 unspecified atom stereocenters. The Morgan fingerprint density at radius 3 is 2.03 bits per heavy atom. The molecule has 1 fully saturated rings. The molecule has 8 heteroatoms. The van der Waals surface area contributed by atoms with Gasteiger partial charge in [-0.25, -0.2) is 0 Å². The normalized spacial score (nSPS) is 27.0. The van der Waals surface area contributed by atoms with Crippen molar-refractivity contribution in [2.75, 3.05) is 38.4 Å². The molecule has 6 nitrogen and oxygen atoms in total. The average Bonchev–Trinajstić information content (AvgIpc) is 2.70. The third-order valence-corrected chi connectivity index (χ3v) is 6.10. The van der Waals surface area contributed by atoms with Crippen LogP contribution in [0.15, 0.2) is 0 Å². The first-order valence-corrected chi connectivity index (χ1v) is 12.2. The van der Waals surface area contributed by atoms with Crippen LogP contribution in [0.4, 0.5) is 0 Å². The molecule has 1 rings (SSSR count). The number of rotatable bonds is 17. The Bertz CT molecular complexity index is 370. The molecule has 0 radical (unpaired) electrons. The van der Waals surface area contributed by atoms with Crippen LogP contribution < -0.4 is 5.73 Å². The lowest BCUT2D eigenvalue weighted by atomic mass is 9.99. The van der Waals surface area contributed by atoms with Gasteiger partial charge in [-0.3, -0.25) is 0 Å². The zero-order valence-corrected chi connectivity index (χ0v) is 20.2. The molecule has 0 aliphatic carbocycles. The molecule has 0 spiro atoms. The standard InChI is InChI=1S/C21H43NO5S.ClH/c1-4-6-8-10-13-25-19-18(23)17(16-28-15-12-22)27-21(24-3)20(19)26-14-11-9-7-5-2;/h17-21,23H,4-16,22H2,1-3H3;1H/t17-,18-,19+,20-,21+;/m1./s1. The third-order valence-electron chi connectivity index (χ3n) is 5.01. The second kappa shape index (κ2) is 19.1. The van der Waals surface area contributed by atoms with Gasteiger partial charge in [0, 0.05) is 38.4 Å². The van der Waals surface area contributed by atoms with Crippen molar-refractivity contribution in [3.63, 3.8) is 0 Å². The second-order valence-electron chi connectivity index (χ2n) is 7.42. The van der Waals surface area contributed by atoms with E-state index in [9.17, 15) is 5.11 Å². The summed E-state index contributed by atoms with van der Waals surface area (Å²) in [5, 5.41) is 10.9. The zero-order chi connectivity index (χ0) is 20.6. The van der Waals surface area contributed by atoms with Crippen molar-refractivity contribution in [3.8, 4) is 0 Å². The molecule has 0 aromatic heterocycles. The summed E-state index contributed by atoms with van der Waals surface area (Å²) in [6.07, 6.45) is 6.61. The van der Waals surface area contributed by atoms with E-state index in [1.54, 1.807) is 18.9 Å². The number of ether oxygens (including phenoxy) is 4. The largest absolute Gasteiger partial charge is 0.388 e. The van der Waals surface area contributed by atoms with Crippen LogP contribution in [0.2, 0.25) is 0 Å². The quantitative estimate of drug-likeness (QED) is 0.322. The molecule has 176 valence electrons. The molecule has 1 aliphatic heterocycles. The van der Waals surface area contributed by atoms with Crippen molar-refractivity contribution in [1.29, 1.82) is 0 Å². The summed E-state index contributed by atoms with van der Waals surface area (Å²) in [6.45, 7) is 6.25. The van der Waals surface area contributed by atoms with Gasteiger partial charge in [0.1, 0.15) is 18.3 Å². The molecule has 1 saturated heterocycles. The SMILES string of the molecule is CCCCCCO[C@H]1[C@@H](OC)O[C@H](CSCCN)[C@@H](O)[C@@H]1OCCCCCC.Cl. The number of unbranched alkanes of at least 4 members (excludes halogenated alkanes) is 6. The van der Waals surface area contributed by atoms with Crippen molar-refractivity contribution in [3.05, 3.63) is 0 Å². The summed E-state index contributed by atoms with van der Waals surface area (Å²) in [4.78, 5) is 0. The van der Waals surface area contributed by atoms with Crippen LogP contribution in [0, 0.1) is 0 Å². The van der Waals surface area contributed by atoms with Gasteiger partial charge in [-0.15, -0.1) is 12.4 Å². The Morgan fingerprint density at radius 1 is 0.931 bits per heavy atom. The van der Waals surface area contributed by atoms with Gasteiger partial charge in [-0.2, -0.15) is 11.8 Å². The van der Waals surface area contributed by atoms with Gasteiger partial charge < -0.3 is 29.8 Å². The van der Waals surface area contributed by atoms with Gasteiger partial charge >= 0.3 is 0 Å². The van der Waals surface area contributed by atoms with Crippen LogP contribution in [0.5, 0.6) is 0 Å². The van der Waals surface area contributed by atoms with Crippen LogP contribution in [0.1, 0.15) is 65.2 Å². The predicted molar refractivity (Wildman–Crippen MR) is 123 cm³/mol. The minimum atomic E-state index is -0.733. The molecule has 29 heavy (non-hydrogen) atoms. The van der Waals surface area contributed by atoms with Crippen molar-refractivity contribution in [1.82, 2.24) is 0 Å². The van der Waals surface area contributed by atoms with Gasteiger partial charge in [-0.1, -0.05) is 52.4 Å². The lowest BCUT2D eigenvalue weighted by Crippen LogP contribution is -2.60. The number of hydrogen-bond acceptors (Lipinski definition) is 7. The molecule has 3 N–H and O–H groups in total. The Balaban J connectivity index is 0.00000784. The van der Waals surface area contributed by atoms with Crippen molar-refractivity contribution in [2.24, 2.45) is 5.73 Å². The van der Waals surface area contributed by atoms with Crippen molar-refractivity contribution >= 4 is 24.2 Å². The predicted octanol–water partition coefficient (Wildman–Crippen LogP) is 3.76. The summed E-state index contributed by atoms with van der Waals surface area (Å²) in [7, 11) is 1.62. The number of methoxy groups -OCH3 is 1. The van der Waals surface area contributed by atoms with Gasteiger partial charge in [0.2, 0.25) is 0 Å². The maximum Gasteiger partial charge on any atom is 0.186 e. The van der Waals surface area contributed by atoms with E-state index in [4.69, 9.17) is 24.7 Å². The molecule has 1 heterocycles. The van der Waals surface area contributed by atoms with Gasteiger partial charge in [0.05, 0.1) is 6.10 Å². The highest BCUT2D eigenvalue weighted by Crippen LogP contribution is 2.29. The fraction of sp³-hybridized carbons (Fsp3) is 1.00.